The molecule has 124 valence electrons. The van der Waals surface area contributed by atoms with Gasteiger partial charge in [0, 0.05) is 0 Å². The number of aliphatic hydroxyl groups excluding tert-OH is 2. The number of hydrogen-bond donors (Lipinski definition) is 3. The second-order valence-electron chi connectivity index (χ2n) is 5.56. The average molecular weight is 324 g/mol. The van der Waals surface area contributed by atoms with E-state index in [1.54, 1.807) is 6.92 Å². The van der Waals surface area contributed by atoms with E-state index < -0.39 is 42.7 Å². The third-order valence-corrected chi connectivity index (χ3v) is 4.21. The SMILES string of the molecule is C=C[C@]1(CO)O[C@@H](n2cnc3c(=O)[nH]c(C)nc32)[C@@H](CF)[C@@H]1O. The first-order chi connectivity index (χ1) is 11.0. The summed E-state index contributed by atoms with van der Waals surface area (Å²) in [5.74, 6) is -0.587. The Labute approximate surface area is 130 Å². The number of hydrogen-bond acceptors (Lipinski definition) is 6. The van der Waals surface area contributed by atoms with E-state index in [2.05, 4.69) is 21.5 Å². The third kappa shape index (κ3) is 2.19. The van der Waals surface area contributed by atoms with Crippen molar-refractivity contribution in [3.05, 3.63) is 35.2 Å². The van der Waals surface area contributed by atoms with Crippen molar-refractivity contribution in [2.75, 3.05) is 13.3 Å². The minimum absolute atomic E-state index is 0.0893. The lowest BCUT2D eigenvalue weighted by atomic mass is 9.91. The van der Waals surface area contributed by atoms with Crippen LogP contribution >= 0.6 is 0 Å². The van der Waals surface area contributed by atoms with Crippen molar-refractivity contribution in [1.82, 2.24) is 19.5 Å². The van der Waals surface area contributed by atoms with E-state index in [1.165, 1.54) is 17.0 Å². The number of aromatic nitrogens is 4. The molecule has 1 saturated heterocycles. The van der Waals surface area contributed by atoms with E-state index in [0.29, 0.717) is 5.82 Å². The highest BCUT2D eigenvalue weighted by Gasteiger charge is 2.53. The summed E-state index contributed by atoms with van der Waals surface area (Å²) < 4.78 is 20.6. The highest BCUT2D eigenvalue weighted by molar-refractivity contribution is 5.69. The molecule has 23 heavy (non-hydrogen) atoms. The van der Waals surface area contributed by atoms with E-state index >= 15 is 0 Å². The molecule has 1 aliphatic rings. The molecule has 0 unspecified atom stereocenters. The minimum atomic E-state index is -1.48. The van der Waals surface area contributed by atoms with Crippen molar-refractivity contribution in [3.8, 4) is 0 Å². The molecule has 0 aliphatic carbocycles. The summed E-state index contributed by atoms with van der Waals surface area (Å²) in [5, 5.41) is 19.9. The number of nitrogens with zero attached hydrogens (tertiary/aromatic N) is 3. The van der Waals surface area contributed by atoms with E-state index in [9.17, 15) is 19.4 Å². The van der Waals surface area contributed by atoms with Crippen molar-refractivity contribution < 1.29 is 19.3 Å². The molecule has 3 N–H and O–H groups in total. The molecule has 0 saturated carbocycles. The van der Waals surface area contributed by atoms with Gasteiger partial charge in [-0.05, 0) is 6.92 Å². The molecule has 0 bridgehead atoms. The van der Waals surface area contributed by atoms with Crippen molar-refractivity contribution in [3.63, 3.8) is 0 Å². The maximum Gasteiger partial charge on any atom is 0.279 e. The molecule has 9 heteroatoms. The Bertz CT molecular complexity index is 804. The Morgan fingerprint density at radius 2 is 2.39 bits per heavy atom. The molecule has 3 rings (SSSR count). The van der Waals surface area contributed by atoms with Gasteiger partial charge in [0.15, 0.2) is 11.2 Å². The van der Waals surface area contributed by atoms with Gasteiger partial charge >= 0.3 is 0 Å². The van der Waals surface area contributed by atoms with Gasteiger partial charge in [0.05, 0.1) is 31.6 Å². The quantitative estimate of drug-likeness (QED) is 0.673. The van der Waals surface area contributed by atoms with Gasteiger partial charge in [-0.25, -0.2) is 9.97 Å². The Morgan fingerprint density at radius 3 is 3.00 bits per heavy atom. The second kappa shape index (κ2) is 5.52. The predicted molar refractivity (Wildman–Crippen MR) is 78.5 cm³/mol. The van der Waals surface area contributed by atoms with E-state index in [0.717, 1.165) is 0 Å². The van der Waals surface area contributed by atoms with Crippen LogP contribution < -0.4 is 5.56 Å². The van der Waals surface area contributed by atoms with Crippen LogP contribution in [0.5, 0.6) is 0 Å². The van der Waals surface area contributed by atoms with Gasteiger partial charge in [-0.3, -0.25) is 13.8 Å². The normalized spacial score (nSPS) is 30.9. The number of H-pyrrole nitrogens is 1. The molecular formula is C14H17FN4O4. The summed E-state index contributed by atoms with van der Waals surface area (Å²) in [7, 11) is 0. The van der Waals surface area contributed by atoms with Crippen molar-refractivity contribution >= 4 is 11.2 Å². The molecule has 4 atom stereocenters. The molecule has 8 nitrogen and oxygen atoms in total. The smallest absolute Gasteiger partial charge is 0.279 e. The van der Waals surface area contributed by atoms with E-state index in [4.69, 9.17) is 4.74 Å². The van der Waals surface area contributed by atoms with Gasteiger partial charge in [0.1, 0.15) is 17.7 Å². The fourth-order valence-corrected chi connectivity index (χ4v) is 2.91. The van der Waals surface area contributed by atoms with Crippen LogP contribution in [0.1, 0.15) is 12.1 Å². The summed E-state index contributed by atoms with van der Waals surface area (Å²) >= 11 is 0. The van der Waals surface area contributed by atoms with Gasteiger partial charge < -0.3 is 19.9 Å². The number of imidazole rings is 1. The molecule has 1 fully saturated rings. The number of rotatable bonds is 4. The maximum atomic E-state index is 13.5. The molecule has 1 aliphatic heterocycles. The highest BCUT2D eigenvalue weighted by atomic mass is 19.1. The van der Waals surface area contributed by atoms with Crippen molar-refractivity contribution in [2.45, 2.75) is 24.9 Å². The first kappa shape index (κ1) is 15.8. The zero-order valence-corrected chi connectivity index (χ0v) is 12.4. The molecular weight excluding hydrogens is 307 g/mol. The Kier molecular flexibility index (Phi) is 3.78. The molecule has 2 aromatic heterocycles. The average Bonchev–Trinajstić information content (AvgIpc) is 3.06. The standard InChI is InChI=1S/C14H17FN4O4/c1-3-14(5-20)10(21)8(4-15)13(23-14)19-6-16-9-11(19)17-7(2)18-12(9)22/h3,6,8,10,13,20-21H,1,4-5H2,2H3,(H,17,18,22)/t8-,10-,13+,14+/m0/s1. The molecule has 0 amide bonds. The van der Waals surface area contributed by atoms with Crippen LogP contribution in [0.2, 0.25) is 0 Å². The fraction of sp³-hybridized carbons (Fsp3) is 0.500. The fourth-order valence-electron chi connectivity index (χ4n) is 2.91. The monoisotopic (exact) mass is 324 g/mol. The lowest BCUT2D eigenvalue weighted by molar-refractivity contribution is -0.0959. The zero-order chi connectivity index (χ0) is 16.8. The van der Waals surface area contributed by atoms with Crippen LogP contribution in [0.15, 0.2) is 23.8 Å². The van der Waals surface area contributed by atoms with Crippen LogP contribution in [0, 0.1) is 12.8 Å². The summed E-state index contributed by atoms with van der Waals surface area (Å²) in [5.41, 5.74) is -1.58. The maximum absolute atomic E-state index is 13.5. The number of nitrogens with one attached hydrogen (secondary N) is 1. The molecule has 0 aromatic carbocycles. The Hall–Kier alpha value is -2.10. The second-order valence-corrected chi connectivity index (χ2v) is 5.56. The van der Waals surface area contributed by atoms with Gasteiger partial charge in [0.2, 0.25) is 0 Å². The van der Waals surface area contributed by atoms with Crippen LogP contribution in [-0.2, 0) is 4.74 Å². The Morgan fingerprint density at radius 1 is 1.65 bits per heavy atom. The Balaban J connectivity index is 2.14. The van der Waals surface area contributed by atoms with Gasteiger partial charge in [-0.2, -0.15) is 0 Å². The lowest BCUT2D eigenvalue weighted by Gasteiger charge is -2.26. The number of aryl methyl sites for hydroxylation is 1. The first-order valence-corrected chi connectivity index (χ1v) is 7.07. The number of fused-ring (bicyclic) bond motifs is 1. The summed E-state index contributed by atoms with van der Waals surface area (Å²) in [6.07, 6.45) is 0.299. The summed E-state index contributed by atoms with van der Waals surface area (Å²) in [6, 6.07) is 0. The zero-order valence-electron chi connectivity index (χ0n) is 12.4. The largest absolute Gasteiger partial charge is 0.393 e. The molecule has 0 spiro atoms. The van der Waals surface area contributed by atoms with E-state index in [-0.39, 0.29) is 11.2 Å². The number of halogens is 1. The third-order valence-electron chi connectivity index (χ3n) is 4.21. The predicted octanol–water partition coefficient (Wildman–Crippen LogP) is -0.179. The molecule has 3 heterocycles. The number of aromatic amines is 1. The molecule has 0 radical (unpaired) electrons. The molecule has 2 aromatic rings. The highest BCUT2D eigenvalue weighted by Crippen LogP contribution is 2.43. The number of alkyl halides is 1. The number of aliphatic hydroxyl groups is 2. The summed E-state index contributed by atoms with van der Waals surface area (Å²) in [4.78, 5) is 22.6. The van der Waals surface area contributed by atoms with Crippen LogP contribution in [0.3, 0.4) is 0 Å². The van der Waals surface area contributed by atoms with Gasteiger partial charge in [-0.15, -0.1) is 6.58 Å². The van der Waals surface area contributed by atoms with Gasteiger partial charge in [-0.1, -0.05) is 6.08 Å². The topological polar surface area (TPSA) is 113 Å². The van der Waals surface area contributed by atoms with Crippen LogP contribution in [0.4, 0.5) is 4.39 Å². The van der Waals surface area contributed by atoms with Gasteiger partial charge in [0.25, 0.3) is 5.56 Å². The minimum Gasteiger partial charge on any atom is -0.393 e. The number of ether oxygens (including phenoxy) is 1. The first-order valence-electron chi connectivity index (χ1n) is 7.07. The lowest BCUT2D eigenvalue weighted by Crippen LogP contribution is -2.43. The van der Waals surface area contributed by atoms with Crippen LogP contribution in [0.25, 0.3) is 11.2 Å². The summed E-state index contributed by atoms with van der Waals surface area (Å²) in [6.45, 7) is 3.72. The van der Waals surface area contributed by atoms with E-state index in [1.807, 2.05) is 0 Å². The van der Waals surface area contributed by atoms with Crippen molar-refractivity contribution in [2.24, 2.45) is 5.92 Å². The van der Waals surface area contributed by atoms with Crippen molar-refractivity contribution in [1.29, 1.82) is 0 Å². The van der Waals surface area contributed by atoms with Crippen LogP contribution in [-0.4, -0.2) is 54.7 Å².